The van der Waals surface area contributed by atoms with Crippen molar-refractivity contribution in [1.29, 1.82) is 0 Å². The molecule has 3 aromatic rings. The first kappa shape index (κ1) is 25.0. The summed E-state index contributed by atoms with van der Waals surface area (Å²) >= 11 is 1.97. The van der Waals surface area contributed by atoms with Crippen molar-refractivity contribution in [1.82, 2.24) is 4.98 Å². The van der Waals surface area contributed by atoms with Gasteiger partial charge in [0.2, 0.25) is 0 Å². The predicted octanol–water partition coefficient (Wildman–Crippen LogP) is 4.77. The highest BCUT2D eigenvalue weighted by molar-refractivity contribution is 14.1. The van der Waals surface area contributed by atoms with Gasteiger partial charge < -0.3 is 10.5 Å². The molecule has 2 aromatic carbocycles. The highest BCUT2D eigenvalue weighted by Crippen LogP contribution is 2.31. The van der Waals surface area contributed by atoms with E-state index in [2.05, 4.69) is 4.98 Å². The second-order valence-corrected chi connectivity index (χ2v) is 11.5. The SMILES string of the molecule is CC(C)S(=O)(=O)Cc1cncc(Oc2cc(F)cc(Cc3ccc(I)cc3F)c2C(N)=O)c1. The summed E-state index contributed by atoms with van der Waals surface area (Å²) in [6.07, 6.45) is 2.61. The van der Waals surface area contributed by atoms with Crippen LogP contribution in [0.5, 0.6) is 11.5 Å². The van der Waals surface area contributed by atoms with E-state index in [9.17, 15) is 22.0 Å². The number of hydrogen-bond donors (Lipinski definition) is 1. The maximum atomic E-state index is 14.4. The van der Waals surface area contributed by atoms with Crippen LogP contribution < -0.4 is 10.5 Å². The van der Waals surface area contributed by atoms with Gasteiger partial charge in [-0.1, -0.05) is 6.07 Å². The normalized spacial score (nSPS) is 11.6. The molecule has 33 heavy (non-hydrogen) atoms. The molecule has 6 nitrogen and oxygen atoms in total. The van der Waals surface area contributed by atoms with Crippen LogP contribution in [0.15, 0.2) is 48.8 Å². The number of amides is 1. The van der Waals surface area contributed by atoms with E-state index in [0.29, 0.717) is 9.13 Å². The first-order valence-corrected chi connectivity index (χ1v) is 12.6. The van der Waals surface area contributed by atoms with Gasteiger partial charge in [0, 0.05) is 22.3 Å². The van der Waals surface area contributed by atoms with Crippen LogP contribution in [0, 0.1) is 15.2 Å². The number of nitrogens with two attached hydrogens (primary N) is 1. The van der Waals surface area contributed by atoms with Crippen LogP contribution in [0.3, 0.4) is 0 Å². The van der Waals surface area contributed by atoms with Crippen molar-refractivity contribution in [3.8, 4) is 11.5 Å². The summed E-state index contributed by atoms with van der Waals surface area (Å²) in [5.41, 5.74) is 6.24. The minimum absolute atomic E-state index is 0.0833. The minimum atomic E-state index is -3.38. The van der Waals surface area contributed by atoms with Crippen molar-refractivity contribution in [2.24, 2.45) is 5.73 Å². The summed E-state index contributed by atoms with van der Waals surface area (Å²) in [5.74, 6) is -2.40. The maximum absolute atomic E-state index is 14.4. The Labute approximate surface area is 204 Å². The van der Waals surface area contributed by atoms with Crippen molar-refractivity contribution < 1.29 is 26.7 Å². The summed E-state index contributed by atoms with van der Waals surface area (Å²) in [4.78, 5) is 16.2. The molecule has 0 fully saturated rings. The smallest absolute Gasteiger partial charge is 0.252 e. The number of primary amides is 1. The molecular formula is C23H21F2IN2O4S. The Morgan fingerprint density at radius 2 is 1.85 bits per heavy atom. The lowest BCUT2D eigenvalue weighted by Gasteiger charge is -2.15. The predicted molar refractivity (Wildman–Crippen MR) is 129 cm³/mol. The molecule has 1 aromatic heterocycles. The van der Waals surface area contributed by atoms with E-state index in [1.165, 1.54) is 24.5 Å². The molecule has 0 radical (unpaired) electrons. The molecule has 0 saturated carbocycles. The Kier molecular flexibility index (Phi) is 7.68. The van der Waals surface area contributed by atoms with Gasteiger partial charge in [-0.3, -0.25) is 9.78 Å². The average Bonchev–Trinajstić information content (AvgIpc) is 2.69. The molecule has 0 spiro atoms. The van der Waals surface area contributed by atoms with E-state index in [-0.39, 0.29) is 40.4 Å². The number of ether oxygens (including phenoxy) is 1. The first-order valence-electron chi connectivity index (χ1n) is 9.85. The Hall–Kier alpha value is -2.60. The van der Waals surface area contributed by atoms with E-state index in [0.717, 1.165) is 12.1 Å². The van der Waals surface area contributed by atoms with Crippen LogP contribution in [-0.2, 0) is 22.0 Å². The van der Waals surface area contributed by atoms with Crippen LogP contribution in [-0.4, -0.2) is 24.6 Å². The molecule has 0 saturated heterocycles. The van der Waals surface area contributed by atoms with Gasteiger partial charge in [0.1, 0.15) is 23.1 Å². The second-order valence-electron chi connectivity index (χ2n) is 7.70. The van der Waals surface area contributed by atoms with Gasteiger partial charge in [0.25, 0.3) is 5.91 Å². The third-order valence-corrected chi connectivity index (χ3v) is 7.72. The maximum Gasteiger partial charge on any atom is 0.252 e. The first-order chi connectivity index (χ1) is 15.5. The number of hydrogen-bond acceptors (Lipinski definition) is 5. The molecule has 1 heterocycles. The molecule has 3 rings (SSSR count). The van der Waals surface area contributed by atoms with Gasteiger partial charge >= 0.3 is 0 Å². The highest BCUT2D eigenvalue weighted by Gasteiger charge is 2.21. The number of carbonyl (C=O) groups excluding carboxylic acids is 1. The molecule has 0 bridgehead atoms. The Balaban J connectivity index is 1.99. The molecular weight excluding hydrogens is 565 g/mol. The topological polar surface area (TPSA) is 99.3 Å². The zero-order chi connectivity index (χ0) is 24.3. The Bertz CT molecular complexity index is 1310. The highest BCUT2D eigenvalue weighted by atomic mass is 127. The largest absolute Gasteiger partial charge is 0.455 e. The van der Waals surface area contributed by atoms with Crippen molar-refractivity contribution in [2.45, 2.75) is 31.3 Å². The molecule has 0 aliphatic carbocycles. The number of rotatable bonds is 8. The van der Waals surface area contributed by atoms with Gasteiger partial charge in [-0.25, -0.2) is 17.2 Å². The number of benzene rings is 2. The summed E-state index contributed by atoms with van der Waals surface area (Å²) in [5, 5.41) is -0.573. The quantitative estimate of drug-likeness (QED) is 0.384. The van der Waals surface area contributed by atoms with Crippen LogP contribution in [0.25, 0.3) is 0 Å². The van der Waals surface area contributed by atoms with Crippen molar-refractivity contribution in [3.05, 3.63) is 86.3 Å². The van der Waals surface area contributed by atoms with Gasteiger partial charge in [-0.15, -0.1) is 0 Å². The third-order valence-electron chi connectivity index (χ3n) is 4.87. The van der Waals surface area contributed by atoms with Crippen LogP contribution in [0.2, 0.25) is 0 Å². The number of aromatic nitrogens is 1. The van der Waals surface area contributed by atoms with Crippen molar-refractivity contribution >= 4 is 38.3 Å². The van der Waals surface area contributed by atoms with E-state index in [1.807, 2.05) is 22.6 Å². The molecule has 1 amide bonds. The lowest BCUT2D eigenvalue weighted by atomic mass is 9.98. The number of sulfone groups is 1. The molecule has 174 valence electrons. The fourth-order valence-corrected chi connectivity index (χ4v) is 4.54. The number of pyridine rings is 1. The van der Waals surface area contributed by atoms with Gasteiger partial charge in [-0.05, 0) is 77.4 Å². The molecule has 0 aliphatic heterocycles. The Morgan fingerprint density at radius 1 is 1.12 bits per heavy atom. The molecule has 10 heteroatoms. The van der Waals surface area contributed by atoms with Gasteiger partial charge in [-0.2, -0.15) is 0 Å². The van der Waals surface area contributed by atoms with E-state index >= 15 is 0 Å². The van der Waals surface area contributed by atoms with E-state index in [4.69, 9.17) is 10.5 Å². The summed E-state index contributed by atoms with van der Waals surface area (Å²) in [7, 11) is -3.38. The summed E-state index contributed by atoms with van der Waals surface area (Å²) in [6, 6.07) is 8.12. The van der Waals surface area contributed by atoms with Crippen LogP contribution in [0.1, 0.15) is 40.9 Å². The van der Waals surface area contributed by atoms with Gasteiger partial charge in [0.15, 0.2) is 9.84 Å². The zero-order valence-electron chi connectivity index (χ0n) is 17.8. The fraction of sp³-hybridized carbons (Fsp3) is 0.217. The number of nitrogens with zero attached hydrogens (tertiary/aromatic N) is 1. The lowest BCUT2D eigenvalue weighted by molar-refractivity contribution is 0.0997. The number of halogens is 3. The molecule has 2 N–H and O–H groups in total. The molecule has 0 aliphatic rings. The van der Waals surface area contributed by atoms with Crippen LogP contribution in [0.4, 0.5) is 8.78 Å². The zero-order valence-corrected chi connectivity index (χ0v) is 20.8. The summed E-state index contributed by atoms with van der Waals surface area (Å²) < 4.78 is 59.6. The fourth-order valence-electron chi connectivity index (χ4n) is 3.13. The molecule has 0 atom stereocenters. The van der Waals surface area contributed by atoms with E-state index < -0.39 is 32.6 Å². The molecule has 0 unspecified atom stereocenters. The minimum Gasteiger partial charge on any atom is -0.455 e. The third kappa shape index (κ3) is 6.26. The second kappa shape index (κ2) is 10.1. The number of carbonyl (C=O) groups is 1. The van der Waals surface area contributed by atoms with Crippen LogP contribution >= 0.6 is 22.6 Å². The average molecular weight is 586 g/mol. The van der Waals surface area contributed by atoms with Gasteiger partial charge in [0.05, 0.1) is 22.8 Å². The standard InChI is InChI=1S/C23H21F2IN2O4S/c1-13(2)33(30,31)12-14-5-19(11-28-10-14)32-21-8-17(24)7-16(22(21)23(27)29)6-15-3-4-18(26)9-20(15)25/h3-5,7-11,13H,6,12H2,1-2H3,(H2,27,29). The summed E-state index contributed by atoms with van der Waals surface area (Å²) in [6.45, 7) is 3.15. The lowest BCUT2D eigenvalue weighted by Crippen LogP contribution is -2.17. The van der Waals surface area contributed by atoms with Crippen molar-refractivity contribution in [3.63, 3.8) is 0 Å². The van der Waals surface area contributed by atoms with Crippen molar-refractivity contribution in [2.75, 3.05) is 0 Å². The van der Waals surface area contributed by atoms with E-state index in [1.54, 1.807) is 26.0 Å². The monoisotopic (exact) mass is 586 g/mol. The Morgan fingerprint density at radius 3 is 2.48 bits per heavy atom.